The zero-order chi connectivity index (χ0) is 15.0. The third-order valence-corrected chi connectivity index (χ3v) is 5.18. The summed E-state index contributed by atoms with van der Waals surface area (Å²) in [7, 11) is 0. The van der Waals surface area contributed by atoms with E-state index in [1.165, 1.54) is 0 Å². The van der Waals surface area contributed by atoms with Gasteiger partial charge >= 0.3 is 0 Å². The first kappa shape index (κ1) is 15.1. The fraction of sp³-hybridized carbons (Fsp3) is 0.533. The fourth-order valence-corrected chi connectivity index (χ4v) is 3.37. The molecule has 0 aromatic heterocycles. The standard InChI is InChI=1S/C15H18Cl2N2O2/c16-12-3-1-2-9(14(12)17)10-4-11(10)15(21)19-6-8-5-18-7-13(8)20/h1-3,8,10-11,13,18,20H,4-7H2,(H,19,21). The van der Waals surface area contributed by atoms with E-state index in [4.69, 9.17) is 23.2 Å². The highest BCUT2D eigenvalue weighted by Gasteiger charge is 2.45. The minimum absolute atomic E-state index is 0.0347. The van der Waals surface area contributed by atoms with Crippen LogP contribution >= 0.6 is 23.2 Å². The topological polar surface area (TPSA) is 61.4 Å². The summed E-state index contributed by atoms with van der Waals surface area (Å²) in [5, 5.41) is 16.8. The predicted molar refractivity (Wildman–Crippen MR) is 82.7 cm³/mol. The van der Waals surface area contributed by atoms with E-state index in [1.807, 2.05) is 12.1 Å². The molecule has 4 nitrogen and oxygen atoms in total. The lowest BCUT2D eigenvalue weighted by molar-refractivity contribution is -0.122. The maximum absolute atomic E-state index is 12.2. The summed E-state index contributed by atoms with van der Waals surface area (Å²) in [5.41, 5.74) is 0.951. The van der Waals surface area contributed by atoms with Gasteiger partial charge in [-0.25, -0.2) is 0 Å². The van der Waals surface area contributed by atoms with Crippen LogP contribution in [0.15, 0.2) is 18.2 Å². The molecule has 1 aliphatic heterocycles. The first-order chi connectivity index (χ1) is 10.1. The Labute approximate surface area is 133 Å². The summed E-state index contributed by atoms with van der Waals surface area (Å²) in [6.45, 7) is 1.86. The third-order valence-electron chi connectivity index (χ3n) is 4.35. The second-order valence-electron chi connectivity index (χ2n) is 5.82. The molecule has 2 aliphatic rings. The molecule has 114 valence electrons. The number of aliphatic hydroxyl groups is 1. The zero-order valence-corrected chi connectivity index (χ0v) is 13.0. The normalized spacial score (nSPS) is 31.2. The van der Waals surface area contributed by atoms with Crippen LogP contribution < -0.4 is 10.6 Å². The van der Waals surface area contributed by atoms with Crippen molar-refractivity contribution in [1.82, 2.24) is 10.6 Å². The highest BCUT2D eigenvalue weighted by molar-refractivity contribution is 6.42. The van der Waals surface area contributed by atoms with E-state index in [9.17, 15) is 9.90 Å². The van der Waals surface area contributed by atoms with Crippen LogP contribution in [0.2, 0.25) is 10.0 Å². The van der Waals surface area contributed by atoms with E-state index in [0.717, 1.165) is 18.5 Å². The Kier molecular flexibility index (Phi) is 4.41. The van der Waals surface area contributed by atoms with Crippen LogP contribution in [-0.2, 0) is 4.79 Å². The van der Waals surface area contributed by atoms with E-state index in [-0.39, 0.29) is 29.8 Å². The monoisotopic (exact) mass is 328 g/mol. The summed E-state index contributed by atoms with van der Waals surface area (Å²) in [6.07, 6.45) is 0.430. The lowest BCUT2D eigenvalue weighted by Gasteiger charge is -2.14. The number of benzene rings is 1. The highest BCUT2D eigenvalue weighted by Crippen LogP contribution is 2.50. The molecule has 4 atom stereocenters. The van der Waals surface area contributed by atoms with E-state index in [2.05, 4.69) is 10.6 Å². The summed E-state index contributed by atoms with van der Waals surface area (Å²) in [6, 6.07) is 5.54. The van der Waals surface area contributed by atoms with Crippen LogP contribution in [-0.4, -0.2) is 36.8 Å². The maximum atomic E-state index is 12.2. The van der Waals surface area contributed by atoms with Gasteiger partial charge in [0, 0.05) is 31.5 Å². The Hall–Kier alpha value is -0.810. The van der Waals surface area contributed by atoms with Crippen molar-refractivity contribution in [1.29, 1.82) is 0 Å². The molecule has 0 spiro atoms. The molecule has 1 saturated carbocycles. The molecule has 1 amide bonds. The highest BCUT2D eigenvalue weighted by atomic mass is 35.5. The molecule has 1 aliphatic carbocycles. The van der Waals surface area contributed by atoms with Gasteiger partial charge in [0.05, 0.1) is 16.1 Å². The first-order valence-corrected chi connectivity index (χ1v) is 7.94. The largest absolute Gasteiger partial charge is 0.391 e. The van der Waals surface area contributed by atoms with Crippen molar-refractivity contribution in [3.63, 3.8) is 0 Å². The molecule has 2 fully saturated rings. The van der Waals surface area contributed by atoms with E-state index >= 15 is 0 Å². The molecule has 4 unspecified atom stereocenters. The van der Waals surface area contributed by atoms with Crippen molar-refractivity contribution in [2.75, 3.05) is 19.6 Å². The third kappa shape index (κ3) is 3.19. The van der Waals surface area contributed by atoms with Crippen molar-refractivity contribution in [3.8, 4) is 0 Å². The molecule has 1 aromatic carbocycles. The lowest BCUT2D eigenvalue weighted by atomic mass is 10.1. The Morgan fingerprint density at radius 1 is 1.38 bits per heavy atom. The Balaban J connectivity index is 1.55. The van der Waals surface area contributed by atoms with Crippen LogP contribution in [0, 0.1) is 11.8 Å². The van der Waals surface area contributed by atoms with Gasteiger partial charge in [-0.2, -0.15) is 0 Å². The Bertz CT molecular complexity index is 552. The molecule has 0 radical (unpaired) electrons. The molecule has 1 saturated heterocycles. The minimum atomic E-state index is -0.373. The van der Waals surface area contributed by atoms with Crippen molar-refractivity contribution >= 4 is 29.1 Å². The summed E-state index contributed by atoms with van der Waals surface area (Å²) >= 11 is 12.2. The van der Waals surface area contributed by atoms with Crippen LogP contribution in [0.3, 0.4) is 0 Å². The van der Waals surface area contributed by atoms with Crippen LogP contribution in [0.5, 0.6) is 0 Å². The van der Waals surface area contributed by atoms with E-state index < -0.39 is 0 Å². The molecule has 21 heavy (non-hydrogen) atoms. The van der Waals surface area contributed by atoms with Gasteiger partial charge in [0.2, 0.25) is 5.91 Å². The summed E-state index contributed by atoms with van der Waals surface area (Å²) in [4.78, 5) is 12.2. The Morgan fingerprint density at radius 2 is 2.19 bits per heavy atom. The second kappa shape index (κ2) is 6.13. The molecule has 1 aromatic rings. The number of hydrogen-bond donors (Lipinski definition) is 3. The number of hydrogen-bond acceptors (Lipinski definition) is 3. The number of rotatable bonds is 4. The van der Waals surface area contributed by atoms with Gasteiger partial charge < -0.3 is 15.7 Å². The molecular formula is C15H18Cl2N2O2. The molecule has 1 heterocycles. The van der Waals surface area contributed by atoms with Crippen LogP contribution in [0.4, 0.5) is 0 Å². The molecule has 3 rings (SSSR count). The zero-order valence-electron chi connectivity index (χ0n) is 11.5. The summed E-state index contributed by atoms with van der Waals surface area (Å²) in [5.74, 6) is 0.256. The quantitative estimate of drug-likeness (QED) is 0.789. The number of amides is 1. The van der Waals surface area contributed by atoms with Gasteiger partial charge in [-0.3, -0.25) is 4.79 Å². The van der Waals surface area contributed by atoms with Crippen molar-refractivity contribution in [2.45, 2.75) is 18.4 Å². The van der Waals surface area contributed by atoms with Crippen LogP contribution in [0.25, 0.3) is 0 Å². The second-order valence-corrected chi connectivity index (χ2v) is 6.61. The fourth-order valence-electron chi connectivity index (χ4n) is 2.93. The average molecular weight is 329 g/mol. The van der Waals surface area contributed by atoms with E-state index in [1.54, 1.807) is 6.07 Å². The first-order valence-electron chi connectivity index (χ1n) is 7.18. The predicted octanol–water partition coefficient (Wildman–Crippen LogP) is 1.79. The van der Waals surface area contributed by atoms with Gasteiger partial charge in [-0.1, -0.05) is 35.3 Å². The minimum Gasteiger partial charge on any atom is -0.391 e. The number of aliphatic hydroxyl groups excluding tert-OH is 1. The van der Waals surface area contributed by atoms with Gasteiger partial charge in [0.25, 0.3) is 0 Å². The average Bonchev–Trinajstić information content (AvgIpc) is 3.15. The number of β-amino-alcohol motifs (C(OH)–C–C–N with tert-alkyl or cyclic N) is 1. The van der Waals surface area contributed by atoms with Crippen molar-refractivity contribution in [3.05, 3.63) is 33.8 Å². The maximum Gasteiger partial charge on any atom is 0.223 e. The molecule has 3 N–H and O–H groups in total. The number of nitrogens with one attached hydrogen (secondary N) is 2. The number of carbonyl (C=O) groups excluding carboxylic acids is 1. The van der Waals surface area contributed by atoms with E-state index in [0.29, 0.717) is 23.1 Å². The smallest absolute Gasteiger partial charge is 0.223 e. The van der Waals surface area contributed by atoms with Gasteiger partial charge in [-0.05, 0) is 24.0 Å². The number of carbonyl (C=O) groups is 1. The molecule has 6 heteroatoms. The molecule has 0 bridgehead atoms. The molecular weight excluding hydrogens is 311 g/mol. The number of halogens is 2. The van der Waals surface area contributed by atoms with Gasteiger partial charge in [-0.15, -0.1) is 0 Å². The SMILES string of the molecule is O=C(NCC1CNCC1O)C1CC1c1cccc(Cl)c1Cl. The van der Waals surface area contributed by atoms with Gasteiger partial charge in [0.15, 0.2) is 0 Å². The lowest BCUT2D eigenvalue weighted by Crippen LogP contribution is -2.35. The summed E-state index contributed by atoms with van der Waals surface area (Å²) < 4.78 is 0. The van der Waals surface area contributed by atoms with Crippen molar-refractivity contribution < 1.29 is 9.90 Å². The van der Waals surface area contributed by atoms with Crippen LogP contribution in [0.1, 0.15) is 17.9 Å². The van der Waals surface area contributed by atoms with Crippen molar-refractivity contribution in [2.24, 2.45) is 11.8 Å². The Morgan fingerprint density at radius 3 is 2.90 bits per heavy atom. The van der Waals surface area contributed by atoms with Gasteiger partial charge in [0.1, 0.15) is 0 Å².